The molecule has 4 aromatic rings. The van der Waals surface area contributed by atoms with Crippen molar-refractivity contribution in [3.63, 3.8) is 0 Å². The number of methoxy groups -OCH3 is 2. The number of benzene rings is 2. The number of aromatic carboxylic acids is 1. The first-order valence-electron chi connectivity index (χ1n) is 13.0. The van der Waals surface area contributed by atoms with Crippen LogP contribution in [0.5, 0.6) is 23.0 Å². The molecule has 0 saturated carbocycles. The van der Waals surface area contributed by atoms with Gasteiger partial charge in [0.05, 0.1) is 61.0 Å². The summed E-state index contributed by atoms with van der Waals surface area (Å²) in [6.07, 6.45) is 3.10. The van der Waals surface area contributed by atoms with E-state index in [-0.39, 0.29) is 40.0 Å². The maximum atomic E-state index is 13.0. The number of hydrogen-bond donors (Lipinski definition) is 8. The number of rotatable bonds is 12. The summed E-state index contributed by atoms with van der Waals surface area (Å²) < 4.78 is 10.3. The molecule has 0 saturated heterocycles. The molecule has 0 bridgehead atoms. The number of aromatic amines is 1. The number of phenols is 2. The molecule has 0 aliphatic carbocycles. The highest BCUT2D eigenvalue weighted by molar-refractivity contribution is 6.10. The average Bonchev–Trinajstić information content (AvgIpc) is 3.53. The van der Waals surface area contributed by atoms with E-state index in [9.17, 15) is 34.5 Å². The number of amides is 3. The van der Waals surface area contributed by atoms with Crippen molar-refractivity contribution in [3.8, 4) is 23.0 Å². The Hall–Kier alpha value is -6.23. The molecule has 17 nitrogen and oxygen atoms in total. The van der Waals surface area contributed by atoms with E-state index in [2.05, 4.69) is 41.7 Å². The van der Waals surface area contributed by atoms with E-state index in [1.54, 1.807) is 7.05 Å². The van der Waals surface area contributed by atoms with Gasteiger partial charge in [0.1, 0.15) is 11.3 Å². The number of nitrogens with zero attached hydrogens (tertiary/aromatic N) is 3. The molecule has 1 atom stereocenters. The van der Waals surface area contributed by atoms with Gasteiger partial charge < -0.3 is 46.1 Å². The summed E-state index contributed by atoms with van der Waals surface area (Å²) >= 11 is 0. The molecule has 4 rings (SSSR count). The third-order valence-electron chi connectivity index (χ3n) is 6.45. The first kappa shape index (κ1) is 31.7. The van der Waals surface area contributed by atoms with Gasteiger partial charge in [-0.1, -0.05) is 0 Å². The number of aromatic nitrogens is 4. The van der Waals surface area contributed by atoms with Gasteiger partial charge in [-0.3, -0.25) is 14.4 Å². The van der Waals surface area contributed by atoms with E-state index < -0.39 is 40.9 Å². The van der Waals surface area contributed by atoms with Crippen LogP contribution in [0, 0.1) is 0 Å². The van der Waals surface area contributed by atoms with Crippen LogP contribution in [0.25, 0.3) is 0 Å². The maximum absolute atomic E-state index is 13.0. The number of hydrogen-bond acceptors (Lipinski definition) is 12. The number of carbonyl (C=O) groups excluding carboxylic acids is 3. The zero-order valence-corrected chi connectivity index (χ0v) is 24.0. The van der Waals surface area contributed by atoms with Gasteiger partial charge in [0.15, 0.2) is 23.0 Å². The van der Waals surface area contributed by atoms with E-state index >= 15 is 0 Å². The molecule has 0 radical (unpaired) electrons. The van der Waals surface area contributed by atoms with E-state index in [1.807, 2.05) is 0 Å². The lowest BCUT2D eigenvalue weighted by Crippen LogP contribution is -2.40. The number of ether oxygens (including phenoxy) is 2. The zero-order valence-electron chi connectivity index (χ0n) is 24.0. The third-order valence-corrected chi connectivity index (χ3v) is 6.45. The first-order valence-corrected chi connectivity index (χ1v) is 13.0. The van der Waals surface area contributed by atoms with Crippen molar-refractivity contribution in [2.45, 2.75) is 12.5 Å². The normalized spacial score (nSPS) is 11.3. The first-order chi connectivity index (χ1) is 21.6. The van der Waals surface area contributed by atoms with Crippen molar-refractivity contribution >= 4 is 40.8 Å². The average molecular weight is 621 g/mol. The van der Waals surface area contributed by atoms with Crippen molar-refractivity contribution in [2.75, 3.05) is 37.2 Å². The molecule has 2 aromatic carbocycles. The summed E-state index contributed by atoms with van der Waals surface area (Å²) in [6, 6.07) is 7.07. The molecule has 17 heteroatoms. The fourth-order valence-electron chi connectivity index (χ4n) is 4.17. The molecule has 45 heavy (non-hydrogen) atoms. The van der Waals surface area contributed by atoms with Crippen LogP contribution in [-0.4, -0.2) is 86.7 Å². The molecular formula is C28H28N8O9. The van der Waals surface area contributed by atoms with Crippen LogP contribution in [0.15, 0.2) is 48.8 Å². The predicted octanol–water partition coefficient (Wildman–Crippen LogP) is 1.60. The number of carbonyl (C=O) groups is 4. The molecule has 3 amide bonds. The van der Waals surface area contributed by atoms with Crippen LogP contribution >= 0.6 is 0 Å². The molecule has 2 heterocycles. The molecule has 0 fully saturated rings. The highest BCUT2D eigenvalue weighted by Gasteiger charge is 2.24. The number of nitrogens with one attached hydrogen (secondary N) is 5. The monoisotopic (exact) mass is 620 g/mol. The number of phenolic OH excluding ortho intramolecular Hbond substituents is 1. The van der Waals surface area contributed by atoms with Crippen molar-refractivity contribution in [2.24, 2.45) is 0 Å². The molecule has 0 unspecified atom stereocenters. The minimum Gasteiger partial charge on any atom is -0.504 e. The van der Waals surface area contributed by atoms with Crippen molar-refractivity contribution in [3.05, 3.63) is 71.3 Å². The summed E-state index contributed by atoms with van der Waals surface area (Å²) in [7, 11) is 4.02. The number of carboxylic acid groups (broad SMARTS) is 1. The Morgan fingerprint density at radius 2 is 1.47 bits per heavy atom. The van der Waals surface area contributed by atoms with Crippen molar-refractivity contribution < 1.29 is 44.0 Å². The van der Waals surface area contributed by atoms with Gasteiger partial charge in [0, 0.05) is 6.42 Å². The zero-order chi connectivity index (χ0) is 32.7. The van der Waals surface area contributed by atoms with Crippen molar-refractivity contribution in [1.82, 2.24) is 25.7 Å². The number of aromatic hydroxyl groups is 2. The van der Waals surface area contributed by atoms with Gasteiger partial charge in [-0.15, -0.1) is 0 Å². The topological polar surface area (TPSA) is 250 Å². The molecule has 234 valence electrons. The van der Waals surface area contributed by atoms with Crippen LogP contribution in [0.2, 0.25) is 0 Å². The van der Waals surface area contributed by atoms with Gasteiger partial charge in [0.2, 0.25) is 5.91 Å². The Morgan fingerprint density at radius 1 is 0.844 bits per heavy atom. The summed E-state index contributed by atoms with van der Waals surface area (Å²) in [5.41, 5.74) is 0.146. The van der Waals surface area contributed by atoms with Gasteiger partial charge >= 0.3 is 5.97 Å². The highest BCUT2D eigenvalue weighted by atomic mass is 16.5. The molecular weight excluding hydrogens is 592 g/mol. The lowest BCUT2D eigenvalue weighted by Gasteiger charge is -2.16. The number of anilines is 3. The Kier molecular flexibility index (Phi) is 9.74. The minimum atomic E-state index is -1.40. The van der Waals surface area contributed by atoms with Gasteiger partial charge in [-0.2, -0.15) is 15.4 Å². The summed E-state index contributed by atoms with van der Waals surface area (Å²) in [4.78, 5) is 53.9. The van der Waals surface area contributed by atoms with Crippen LogP contribution < -0.4 is 30.7 Å². The Morgan fingerprint density at radius 3 is 2.00 bits per heavy atom. The largest absolute Gasteiger partial charge is 0.504 e. The molecule has 0 aliphatic heterocycles. The molecule has 0 spiro atoms. The Balaban J connectivity index is 1.45. The number of carboxylic acids is 1. The minimum absolute atomic E-state index is 0.0153. The van der Waals surface area contributed by atoms with Crippen LogP contribution in [0.4, 0.5) is 17.1 Å². The van der Waals surface area contributed by atoms with Crippen LogP contribution in [-0.2, 0) is 11.2 Å². The van der Waals surface area contributed by atoms with E-state index in [0.717, 1.165) is 6.07 Å². The smallest absolute Gasteiger partial charge is 0.339 e. The molecule has 0 aliphatic rings. The SMILES string of the molecule is CN[C@@H](Cc1cn[nH]n1)C(=O)Nc1ccc(C(=O)Nc2ccc(C(=O)Nc3ccc(C(=O)O)c(O)c3OC)c(O)c2OC)nc1. The number of pyridine rings is 1. The van der Waals surface area contributed by atoms with Crippen molar-refractivity contribution in [1.29, 1.82) is 0 Å². The van der Waals surface area contributed by atoms with Gasteiger partial charge in [-0.05, 0) is 43.4 Å². The lowest BCUT2D eigenvalue weighted by atomic mass is 10.1. The number of H-pyrrole nitrogens is 1. The summed E-state index contributed by atoms with van der Waals surface area (Å²) in [5, 5.41) is 50.9. The van der Waals surface area contributed by atoms with Crippen LogP contribution in [0.1, 0.15) is 36.9 Å². The lowest BCUT2D eigenvalue weighted by molar-refractivity contribution is -0.118. The van der Waals surface area contributed by atoms with E-state index in [0.29, 0.717) is 17.8 Å². The second-order valence-electron chi connectivity index (χ2n) is 9.23. The number of likely N-dealkylation sites (N-methyl/N-ethyl adjacent to an activating group) is 1. The Labute approximate surface area is 254 Å². The van der Waals surface area contributed by atoms with Crippen LogP contribution in [0.3, 0.4) is 0 Å². The Bertz CT molecular complexity index is 1730. The molecule has 8 N–H and O–H groups in total. The standard InChI is InChI=1S/C28H28N8O9/c1-29-20(10-14-12-31-36-35-14)27(41)32-13-4-7-19(30-11-13)26(40)34-18-8-5-15(21(37)23(18)44-2)25(39)33-17-9-6-16(28(42)43)22(38)24(17)45-3/h4-9,11-12,20,29,37-38H,10H2,1-3H3,(H,32,41)(H,33,39)(H,34,40)(H,42,43)(H,31,35,36)/t20-/m0/s1. The second-order valence-corrected chi connectivity index (χ2v) is 9.23. The molecule has 2 aromatic heterocycles. The fraction of sp³-hybridized carbons (Fsp3) is 0.179. The fourth-order valence-corrected chi connectivity index (χ4v) is 4.17. The van der Waals surface area contributed by atoms with E-state index in [1.165, 1.54) is 56.9 Å². The van der Waals surface area contributed by atoms with Gasteiger partial charge in [-0.25, -0.2) is 9.78 Å². The van der Waals surface area contributed by atoms with E-state index in [4.69, 9.17) is 9.47 Å². The summed E-state index contributed by atoms with van der Waals surface area (Å²) in [6.45, 7) is 0. The highest BCUT2D eigenvalue weighted by Crippen LogP contribution is 2.40. The summed E-state index contributed by atoms with van der Waals surface area (Å²) in [5.74, 6) is -5.14. The van der Waals surface area contributed by atoms with Gasteiger partial charge in [0.25, 0.3) is 11.8 Å². The maximum Gasteiger partial charge on any atom is 0.339 e. The third kappa shape index (κ3) is 7.05. The quantitative estimate of drug-likeness (QED) is 0.112. The predicted molar refractivity (Wildman–Crippen MR) is 158 cm³/mol. The second kappa shape index (κ2) is 13.8.